The normalized spacial score (nSPS) is 19.6. The molecule has 3 fully saturated rings. The molecular weight excluding hydrogens is 465 g/mol. The van der Waals surface area contributed by atoms with Gasteiger partial charge in [-0.1, -0.05) is 30.3 Å². The molecule has 0 aliphatic carbocycles. The minimum absolute atomic E-state index is 0.0153. The van der Waals surface area contributed by atoms with Crippen LogP contribution in [-0.4, -0.2) is 90.7 Å². The molecule has 0 aromatic heterocycles. The zero-order valence-corrected chi connectivity index (χ0v) is 20.1. The lowest BCUT2D eigenvalue weighted by molar-refractivity contribution is -0.143. The molecule has 0 atom stereocenters. The third kappa shape index (κ3) is 4.60. The Morgan fingerprint density at radius 2 is 1.58 bits per heavy atom. The zero-order chi connectivity index (χ0) is 25.1. The molecule has 2 aromatic rings. The molecule has 36 heavy (non-hydrogen) atoms. The maximum atomic E-state index is 14.0. The monoisotopic (exact) mass is 495 g/mol. The van der Waals surface area contributed by atoms with E-state index in [1.165, 1.54) is 12.1 Å². The van der Waals surface area contributed by atoms with Crippen molar-refractivity contribution in [2.45, 2.75) is 18.4 Å². The van der Waals surface area contributed by atoms with Gasteiger partial charge in [-0.3, -0.25) is 9.59 Å². The topological polar surface area (TPSA) is 85.4 Å². The predicted octanol–water partition coefficient (Wildman–Crippen LogP) is 2.36. The average Bonchev–Trinajstić information content (AvgIpc) is 3.17. The number of ether oxygens (including phenoxy) is 1. The number of carbonyl (C=O) groups is 3. The lowest BCUT2D eigenvalue weighted by atomic mass is 9.85. The Morgan fingerprint density at radius 1 is 0.917 bits per heavy atom. The highest BCUT2D eigenvalue weighted by atomic mass is 19.1. The van der Waals surface area contributed by atoms with E-state index in [4.69, 9.17) is 4.74 Å². The molecule has 10 heteroatoms. The van der Waals surface area contributed by atoms with Gasteiger partial charge in [-0.05, 0) is 37.1 Å². The van der Waals surface area contributed by atoms with Crippen molar-refractivity contribution >= 4 is 29.2 Å². The molecule has 3 aliphatic rings. The number of piperidine rings is 1. The summed E-state index contributed by atoms with van der Waals surface area (Å²) in [5, 5.41) is 2.63. The van der Waals surface area contributed by atoms with Crippen LogP contribution in [0.25, 0.3) is 0 Å². The van der Waals surface area contributed by atoms with E-state index in [1.54, 1.807) is 26.8 Å². The molecule has 5 rings (SSSR count). The molecule has 0 unspecified atom stereocenters. The van der Waals surface area contributed by atoms with Gasteiger partial charge in [0.1, 0.15) is 17.9 Å². The molecule has 0 bridgehead atoms. The van der Waals surface area contributed by atoms with Gasteiger partial charge in [-0.15, -0.1) is 0 Å². The molecule has 0 radical (unpaired) electrons. The summed E-state index contributed by atoms with van der Waals surface area (Å²) in [7, 11) is 0. The largest absolute Gasteiger partial charge is 0.378 e. The molecule has 2 aromatic carbocycles. The number of carbonyl (C=O) groups excluding carboxylic acids is 3. The number of amides is 4. The first-order valence-electron chi connectivity index (χ1n) is 12.3. The van der Waals surface area contributed by atoms with Crippen molar-refractivity contribution in [2.24, 2.45) is 0 Å². The molecule has 9 nitrogen and oxygen atoms in total. The molecule has 1 N–H and O–H groups in total. The number of hydrogen-bond acceptors (Lipinski definition) is 5. The van der Waals surface area contributed by atoms with Crippen LogP contribution >= 0.6 is 0 Å². The first kappa shape index (κ1) is 24.1. The summed E-state index contributed by atoms with van der Waals surface area (Å²) in [5.74, 6) is -0.679. The van der Waals surface area contributed by atoms with Gasteiger partial charge in [0.25, 0.3) is 5.91 Å². The molecule has 3 heterocycles. The van der Waals surface area contributed by atoms with E-state index < -0.39 is 17.4 Å². The van der Waals surface area contributed by atoms with Gasteiger partial charge in [0.15, 0.2) is 0 Å². The van der Waals surface area contributed by atoms with Gasteiger partial charge in [-0.2, -0.15) is 0 Å². The molecule has 1 spiro atoms. The average molecular weight is 496 g/mol. The van der Waals surface area contributed by atoms with Gasteiger partial charge in [0.05, 0.1) is 25.6 Å². The number of urea groups is 1. The Labute approximate surface area is 209 Å². The van der Waals surface area contributed by atoms with Crippen molar-refractivity contribution in [3.05, 3.63) is 60.4 Å². The van der Waals surface area contributed by atoms with Crippen molar-refractivity contribution in [3.63, 3.8) is 0 Å². The summed E-state index contributed by atoms with van der Waals surface area (Å²) in [6.45, 7) is 3.05. The van der Waals surface area contributed by atoms with E-state index in [9.17, 15) is 18.8 Å². The fourth-order valence-corrected chi connectivity index (χ4v) is 5.23. The number of anilines is 2. The first-order valence-corrected chi connectivity index (χ1v) is 12.3. The summed E-state index contributed by atoms with van der Waals surface area (Å²) in [6.07, 6.45) is 0.821. The van der Waals surface area contributed by atoms with Gasteiger partial charge in [-0.25, -0.2) is 9.18 Å². The van der Waals surface area contributed by atoms with E-state index in [1.807, 2.05) is 30.3 Å². The van der Waals surface area contributed by atoms with E-state index in [0.29, 0.717) is 58.9 Å². The second-order valence-electron chi connectivity index (χ2n) is 9.33. The second-order valence-corrected chi connectivity index (χ2v) is 9.33. The Balaban J connectivity index is 1.31. The highest BCUT2D eigenvalue weighted by Crippen LogP contribution is 2.39. The quantitative estimate of drug-likeness (QED) is 0.704. The highest BCUT2D eigenvalue weighted by Gasteiger charge is 2.54. The zero-order valence-electron chi connectivity index (χ0n) is 20.1. The summed E-state index contributed by atoms with van der Waals surface area (Å²) < 4.78 is 19.3. The number of hydrogen-bond donors (Lipinski definition) is 1. The maximum Gasteiger partial charge on any atom is 0.321 e. The van der Waals surface area contributed by atoms with Crippen LogP contribution in [0.1, 0.15) is 12.8 Å². The van der Waals surface area contributed by atoms with Gasteiger partial charge in [0, 0.05) is 31.9 Å². The number of halogens is 1. The van der Waals surface area contributed by atoms with E-state index in [-0.39, 0.29) is 24.0 Å². The molecule has 3 saturated heterocycles. The fourth-order valence-electron chi connectivity index (χ4n) is 5.23. The molecule has 4 amide bonds. The predicted molar refractivity (Wildman–Crippen MR) is 132 cm³/mol. The van der Waals surface area contributed by atoms with Crippen LogP contribution in [0, 0.1) is 5.82 Å². The van der Waals surface area contributed by atoms with E-state index in [0.717, 1.165) is 5.69 Å². The van der Waals surface area contributed by atoms with Crippen LogP contribution in [-0.2, 0) is 14.3 Å². The number of likely N-dealkylation sites (tertiary alicyclic amines) is 1. The first-order chi connectivity index (χ1) is 17.5. The van der Waals surface area contributed by atoms with Crippen LogP contribution < -0.4 is 10.2 Å². The van der Waals surface area contributed by atoms with E-state index in [2.05, 4.69) is 10.2 Å². The SMILES string of the molecule is O=C(CN1CN(c2ccccc2)C2(CCN(C(=O)Nc3ccccc3F)CC2)C1=O)N1CCOCC1. The second kappa shape index (κ2) is 10.1. The van der Waals surface area contributed by atoms with Crippen molar-refractivity contribution in [1.82, 2.24) is 14.7 Å². The van der Waals surface area contributed by atoms with Gasteiger partial charge < -0.3 is 29.7 Å². The number of rotatable bonds is 4. The highest BCUT2D eigenvalue weighted by molar-refractivity contribution is 5.97. The Bertz CT molecular complexity index is 1120. The van der Waals surface area contributed by atoms with Crippen molar-refractivity contribution in [2.75, 3.05) is 62.8 Å². The Morgan fingerprint density at radius 3 is 2.28 bits per heavy atom. The van der Waals surface area contributed by atoms with Crippen LogP contribution in [0.2, 0.25) is 0 Å². The van der Waals surface area contributed by atoms with E-state index >= 15 is 0 Å². The lowest BCUT2D eigenvalue weighted by Crippen LogP contribution is -2.58. The van der Waals surface area contributed by atoms with Gasteiger partial charge >= 0.3 is 6.03 Å². The smallest absolute Gasteiger partial charge is 0.321 e. The van der Waals surface area contributed by atoms with Crippen molar-refractivity contribution in [1.29, 1.82) is 0 Å². The van der Waals surface area contributed by atoms with Gasteiger partial charge in [0.2, 0.25) is 5.91 Å². The van der Waals surface area contributed by atoms with Crippen LogP contribution in [0.3, 0.4) is 0 Å². The lowest BCUT2D eigenvalue weighted by Gasteiger charge is -2.43. The summed E-state index contributed by atoms with van der Waals surface area (Å²) in [5.41, 5.74) is 0.177. The van der Waals surface area contributed by atoms with Crippen molar-refractivity contribution in [3.8, 4) is 0 Å². The molecular formula is C26H30FN5O4. The number of para-hydroxylation sites is 2. The summed E-state index contributed by atoms with van der Waals surface area (Å²) >= 11 is 0. The standard InChI is InChI=1S/C26H30FN5O4/c27-21-8-4-5-9-22(21)28-25(35)30-12-10-26(11-13-30)24(34)31(18-23(33)29-14-16-36-17-15-29)19-32(26)20-6-2-1-3-7-20/h1-9H,10-19H2,(H,28,35). The van der Waals surface area contributed by atoms with Crippen LogP contribution in [0.15, 0.2) is 54.6 Å². The van der Waals surface area contributed by atoms with Crippen LogP contribution in [0.4, 0.5) is 20.6 Å². The number of benzene rings is 2. The maximum absolute atomic E-state index is 14.0. The molecule has 3 aliphatic heterocycles. The summed E-state index contributed by atoms with van der Waals surface area (Å²) in [4.78, 5) is 46.6. The Hall–Kier alpha value is -3.66. The Kier molecular flexibility index (Phi) is 6.77. The van der Waals surface area contributed by atoms with Crippen LogP contribution in [0.5, 0.6) is 0 Å². The molecule has 190 valence electrons. The number of nitrogens with zero attached hydrogens (tertiary/aromatic N) is 4. The third-order valence-electron chi connectivity index (χ3n) is 7.27. The number of morpholine rings is 1. The fraction of sp³-hybridized carbons (Fsp3) is 0.423. The molecule has 0 saturated carbocycles. The minimum atomic E-state index is -0.846. The minimum Gasteiger partial charge on any atom is -0.378 e. The summed E-state index contributed by atoms with van der Waals surface area (Å²) in [6, 6.07) is 15.3. The van der Waals surface area contributed by atoms with Crippen molar-refractivity contribution < 1.29 is 23.5 Å². The third-order valence-corrected chi connectivity index (χ3v) is 7.27. The number of nitrogens with one attached hydrogen (secondary N) is 1.